The number of hydrogen-bond acceptors (Lipinski definition) is 12. The number of nitrogens with zero attached hydrogens (tertiary/aromatic N) is 2. The molecule has 2 aliphatic heterocycles. The summed E-state index contributed by atoms with van der Waals surface area (Å²) >= 11 is 0. The van der Waals surface area contributed by atoms with E-state index in [9.17, 15) is 58.2 Å². The molecule has 2 saturated heterocycles. The van der Waals surface area contributed by atoms with Gasteiger partial charge in [-0.05, 0) is 50.9 Å². The maximum Gasteiger partial charge on any atom is 0.326 e. The third kappa shape index (κ3) is 13.6. The Morgan fingerprint density at radius 2 is 1.24 bits per heavy atom. The lowest BCUT2D eigenvalue weighted by molar-refractivity contribution is -0.145. The average molecular weight is 825 g/mol. The molecule has 1 unspecified atom stereocenters. The largest absolute Gasteiger partial charge is 0.480 e. The first-order valence-electron chi connectivity index (χ1n) is 19.4. The summed E-state index contributed by atoms with van der Waals surface area (Å²) in [4.78, 5) is 130. The van der Waals surface area contributed by atoms with E-state index in [1.807, 2.05) is 0 Å². The SMILES string of the molecule is CCC(C)[C@H](NC(=O)[C@H](CO)NC(=O)[C@@H](NC(=O)[C@@H]1CCCN1C(=O)[C@H](C)NC(=O)[C@@H](N)CC(N)=O)C(C)C)C(=O)N1CCC[C@H]1C(=O)N[C@@H](CCC(N)=O)C(=O)O. The van der Waals surface area contributed by atoms with Crippen LogP contribution in [0.5, 0.6) is 0 Å². The number of aliphatic carboxylic acids is 1. The number of primary amides is 2. The fraction of sp³-hybridized carbons (Fsp3) is 0.722. The van der Waals surface area contributed by atoms with Gasteiger partial charge in [-0.25, -0.2) is 4.79 Å². The van der Waals surface area contributed by atoms with Crippen LogP contribution in [0.3, 0.4) is 0 Å². The number of carbonyl (C=O) groups excluding carboxylic acids is 9. The smallest absolute Gasteiger partial charge is 0.326 e. The van der Waals surface area contributed by atoms with E-state index >= 15 is 0 Å². The molecule has 22 nitrogen and oxygen atoms in total. The number of carbonyl (C=O) groups is 10. The third-order valence-corrected chi connectivity index (χ3v) is 10.3. The van der Waals surface area contributed by atoms with Crippen LogP contribution in [0.2, 0.25) is 0 Å². The topological polar surface area (TPSA) is 356 Å². The van der Waals surface area contributed by atoms with Gasteiger partial charge in [0.15, 0.2) is 0 Å². The van der Waals surface area contributed by atoms with Crippen molar-refractivity contribution < 1.29 is 58.2 Å². The number of carboxylic acids is 1. The summed E-state index contributed by atoms with van der Waals surface area (Å²) in [5.41, 5.74) is 15.9. The van der Waals surface area contributed by atoms with E-state index in [-0.39, 0.29) is 38.8 Å². The molecule has 326 valence electrons. The van der Waals surface area contributed by atoms with Gasteiger partial charge in [0.1, 0.15) is 42.3 Å². The molecule has 9 amide bonds. The van der Waals surface area contributed by atoms with Gasteiger partial charge in [-0.1, -0.05) is 34.1 Å². The Kier molecular flexibility index (Phi) is 18.9. The maximum absolute atomic E-state index is 13.9. The molecular formula is C36H60N10O12. The molecule has 9 atom stereocenters. The highest BCUT2D eigenvalue weighted by Crippen LogP contribution is 2.23. The molecule has 0 bridgehead atoms. The number of amides is 9. The molecule has 22 heteroatoms. The predicted octanol–water partition coefficient (Wildman–Crippen LogP) is -4.34. The minimum absolute atomic E-state index is 0.122. The number of hydrogen-bond donors (Lipinski definition) is 10. The van der Waals surface area contributed by atoms with Crippen molar-refractivity contribution >= 4 is 59.1 Å². The standard InChI is InChI=1S/C36H60N10O12/c1-6-18(4)28(35(56)46-14-8-9-23(46)31(52)41-21(36(57)58)11-12-25(38)48)44-30(51)22(16-47)42-33(54)27(17(2)3)43-32(53)24-10-7-13-45(24)34(55)19(5)40-29(50)20(37)15-26(39)49/h17-24,27-28,47H,6-16,37H2,1-5H3,(H2,38,48)(H2,39,49)(H,40,50)(H,41,52)(H,42,54)(H,43,53)(H,44,51)(H,57,58)/t18?,19-,20-,21-,22-,23-,24-,27-,28-/m0/s1. The second-order valence-electron chi connectivity index (χ2n) is 15.1. The summed E-state index contributed by atoms with van der Waals surface area (Å²) < 4.78 is 0. The Balaban J connectivity index is 2.15. The minimum Gasteiger partial charge on any atom is -0.480 e. The highest BCUT2D eigenvalue weighted by atomic mass is 16.4. The molecule has 0 aromatic heterocycles. The molecule has 0 radical (unpaired) electrons. The summed E-state index contributed by atoms with van der Waals surface area (Å²) in [5, 5.41) is 32.2. The number of aliphatic hydroxyl groups excluding tert-OH is 1. The van der Waals surface area contributed by atoms with Gasteiger partial charge in [-0.2, -0.15) is 0 Å². The van der Waals surface area contributed by atoms with Crippen LogP contribution in [0, 0.1) is 11.8 Å². The summed E-state index contributed by atoms with van der Waals surface area (Å²) in [6.45, 7) is 7.49. The van der Waals surface area contributed by atoms with Crippen LogP contribution in [0.4, 0.5) is 0 Å². The lowest BCUT2D eigenvalue weighted by Gasteiger charge is -2.33. The van der Waals surface area contributed by atoms with Crippen LogP contribution >= 0.6 is 0 Å². The van der Waals surface area contributed by atoms with Gasteiger partial charge in [0, 0.05) is 19.5 Å². The van der Waals surface area contributed by atoms with Crippen LogP contribution < -0.4 is 43.8 Å². The fourth-order valence-corrected chi connectivity index (χ4v) is 6.71. The van der Waals surface area contributed by atoms with Crippen LogP contribution in [0.1, 0.15) is 86.0 Å². The average Bonchev–Trinajstić information content (AvgIpc) is 3.86. The number of likely N-dealkylation sites (tertiary alicyclic amines) is 2. The van der Waals surface area contributed by atoms with E-state index in [1.165, 1.54) is 16.7 Å². The van der Waals surface area contributed by atoms with Crippen molar-refractivity contribution in [2.75, 3.05) is 19.7 Å². The summed E-state index contributed by atoms with van der Waals surface area (Å²) in [6, 6.07) is -9.96. The second-order valence-corrected chi connectivity index (χ2v) is 15.1. The molecule has 2 fully saturated rings. The monoisotopic (exact) mass is 824 g/mol. The van der Waals surface area contributed by atoms with E-state index in [1.54, 1.807) is 27.7 Å². The summed E-state index contributed by atoms with van der Waals surface area (Å²) in [6.07, 6.45) is 0.695. The highest BCUT2D eigenvalue weighted by molar-refractivity contribution is 5.98. The Morgan fingerprint density at radius 1 is 0.690 bits per heavy atom. The van der Waals surface area contributed by atoms with E-state index in [2.05, 4.69) is 26.6 Å². The minimum atomic E-state index is -1.58. The summed E-state index contributed by atoms with van der Waals surface area (Å²) in [7, 11) is 0. The zero-order valence-electron chi connectivity index (χ0n) is 33.7. The molecule has 58 heavy (non-hydrogen) atoms. The Hall–Kier alpha value is -5.38. The van der Waals surface area contributed by atoms with Crippen LogP contribution in [-0.2, 0) is 47.9 Å². The van der Waals surface area contributed by atoms with E-state index < -0.39 is 132 Å². The number of nitrogens with one attached hydrogen (secondary N) is 5. The first-order chi connectivity index (χ1) is 27.1. The van der Waals surface area contributed by atoms with Crippen molar-refractivity contribution in [2.24, 2.45) is 29.0 Å². The van der Waals surface area contributed by atoms with Crippen molar-refractivity contribution in [1.82, 2.24) is 36.4 Å². The molecule has 0 saturated carbocycles. The molecular weight excluding hydrogens is 764 g/mol. The molecule has 0 aromatic rings. The van der Waals surface area contributed by atoms with Crippen molar-refractivity contribution in [3.8, 4) is 0 Å². The quantitative estimate of drug-likeness (QED) is 0.0494. The lowest BCUT2D eigenvalue weighted by atomic mass is 9.96. The second kappa shape index (κ2) is 22.5. The molecule has 13 N–H and O–H groups in total. The molecule has 2 rings (SSSR count). The van der Waals surface area contributed by atoms with Crippen molar-refractivity contribution in [3.05, 3.63) is 0 Å². The molecule has 2 heterocycles. The van der Waals surface area contributed by atoms with Gasteiger partial charge in [-0.15, -0.1) is 0 Å². The van der Waals surface area contributed by atoms with E-state index in [0.29, 0.717) is 19.3 Å². The number of aliphatic hydroxyl groups is 1. The first-order valence-corrected chi connectivity index (χ1v) is 19.4. The first kappa shape index (κ1) is 48.8. The van der Waals surface area contributed by atoms with Gasteiger partial charge in [0.25, 0.3) is 0 Å². The van der Waals surface area contributed by atoms with Crippen molar-refractivity contribution in [3.63, 3.8) is 0 Å². The van der Waals surface area contributed by atoms with E-state index in [4.69, 9.17) is 17.2 Å². The van der Waals surface area contributed by atoms with Gasteiger partial charge >= 0.3 is 5.97 Å². The molecule has 0 aliphatic carbocycles. The van der Waals surface area contributed by atoms with Gasteiger partial charge in [0.05, 0.1) is 19.1 Å². The Morgan fingerprint density at radius 3 is 1.72 bits per heavy atom. The summed E-state index contributed by atoms with van der Waals surface area (Å²) in [5.74, 6) is -9.23. The van der Waals surface area contributed by atoms with Crippen molar-refractivity contribution in [1.29, 1.82) is 0 Å². The van der Waals surface area contributed by atoms with Gasteiger partial charge < -0.3 is 63.8 Å². The van der Waals surface area contributed by atoms with Gasteiger partial charge in [0.2, 0.25) is 53.2 Å². The fourth-order valence-electron chi connectivity index (χ4n) is 6.71. The lowest BCUT2D eigenvalue weighted by Crippen LogP contribution is -2.62. The van der Waals surface area contributed by atoms with Crippen LogP contribution in [0.25, 0.3) is 0 Å². The van der Waals surface area contributed by atoms with Crippen molar-refractivity contribution in [2.45, 2.75) is 134 Å². The zero-order valence-corrected chi connectivity index (χ0v) is 33.7. The normalized spacial score (nSPS) is 20.1. The van der Waals surface area contributed by atoms with E-state index in [0.717, 1.165) is 0 Å². The van der Waals surface area contributed by atoms with Crippen LogP contribution in [-0.4, -0.2) is 147 Å². The molecule has 0 spiro atoms. The number of carboxylic acid groups (broad SMARTS) is 1. The highest BCUT2D eigenvalue weighted by Gasteiger charge is 2.42. The van der Waals surface area contributed by atoms with Crippen LogP contribution in [0.15, 0.2) is 0 Å². The maximum atomic E-state index is 13.9. The third-order valence-electron chi connectivity index (χ3n) is 10.3. The number of rotatable bonds is 22. The Labute approximate surface area is 336 Å². The molecule has 2 aliphatic rings. The Bertz CT molecular complexity index is 1560. The number of nitrogens with two attached hydrogens (primary N) is 3. The molecule has 0 aromatic carbocycles. The van der Waals surface area contributed by atoms with Gasteiger partial charge in [-0.3, -0.25) is 43.2 Å². The predicted molar refractivity (Wildman–Crippen MR) is 204 cm³/mol. The zero-order chi connectivity index (χ0) is 44.0.